The van der Waals surface area contributed by atoms with Crippen LogP contribution in [0.25, 0.3) is 0 Å². The molecule has 2 aliphatic rings. The molecule has 6 heteroatoms. The molecule has 0 unspecified atom stereocenters. The lowest BCUT2D eigenvalue weighted by Crippen LogP contribution is -2.40. The van der Waals surface area contributed by atoms with Crippen molar-refractivity contribution in [2.75, 3.05) is 55.8 Å². The Morgan fingerprint density at radius 3 is 2.55 bits per heavy atom. The van der Waals surface area contributed by atoms with Gasteiger partial charge in [-0.15, -0.1) is 0 Å². The number of hydrogen-bond acceptors (Lipinski definition) is 5. The van der Waals surface area contributed by atoms with Crippen molar-refractivity contribution in [1.82, 2.24) is 9.88 Å². The molecule has 1 aromatic heterocycles. The number of rotatable bonds is 2. The third-order valence-corrected chi connectivity index (χ3v) is 4.57. The molecule has 2 aliphatic heterocycles. The van der Waals surface area contributed by atoms with E-state index in [1.165, 1.54) is 0 Å². The summed E-state index contributed by atoms with van der Waals surface area (Å²) in [5.41, 5.74) is 0.669. The lowest BCUT2D eigenvalue weighted by molar-refractivity contribution is 0.0302. The molecule has 3 heterocycles. The molecular weight excluding hydrogens is 274 g/mol. The fraction of sp³-hybridized carbons (Fsp3) is 0.571. The van der Waals surface area contributed by atoms with Crippen molar-refractivity contribution in [3.05, 3.63) is 23.9 Å². The molecule has 0 spiro atoms. The summed E-state index contributed by atoms with van der Waals surface area (Å²) in [4.78, 5) is 20.9. The Morgan fingerprint density at radius 1 is 1.15 bits per heavy atom. The van der Waals surface area contributed by atoms with Gasteiger partial charge in [-0.1, -0.05) is 0 Å². The molecule has 0 bridgehead atoms. The van der Waals surface area contributed by atoms with Gasteiger partial charge in [-0.3, -0.25) is 4.79 Å². The van der Waals surface area contributed by atoms with Crippen LogP contribution in [0, 0.1) is 0 Å². The second-order valence-electron chi connectivity index (χ2n) is 4.91. The van der Waals surface area contributed by atoms with Crippen LogP contribution in [0.15, 0.2) is 18.3 Å². The van der Waals surface area contributed by atoms with Gasteiger partial charge in [0, 0.05) is 43.9 Å². The van der Waals surface area contributed by atoms with Crippen molar-refractivity contribution in [2.24, 2.45) is 0 Å². The number of pyridine rings is 1. The highest BCUT2D eigenvalue weighted by Crippen LogP contribution is 2.18. The molecule has 2 fully saturated rings. The van der Waals surface area contributed by atoms with Gasteiger partial charge >= 0.3 is 0 Å². The molecule has 5 nitrogen and oxygen atoms in total. The first-order chi connectivity index (χ1) is 9.84. The Labute approximate surface area is 123 Å². The van der Waals surface area contributed by atoms with Gasteiger partial charge in [0.05, 0.1) is 18.8 Å². The maximum atomic E-state index is 12.3. The number of carbonyl (C=O) groups is 1. The molecule has 108 valence electrons. The fourth-order valence-corrected chi connectivity index (χ4v) is 3.34. The van der Waals surface area contributed by atoms with Crippen molar-refractivity contribution in [2.45, 2.75) is 0 Å². The predicted molar refractivity (Wildman–Crippen MR) is 80.5 cm³/mol. The Morgan fingerprint density at radius 2 is 1.90 bits per heavy atom. The van der Waals surface area contributed by atoms with E-state index in [0.717, 1.165) is 30.4 Å². The Balaban J connectivity index is 1.67. The number of hydrogen-bond donors (Lipinski definition) is 0. The third-order valence-electron chi connectivity index (χ3n) is 3.63. The van der Waals surface area contributed by atoms with E-state index in [-0.39, 0.29) is 5.91 Å². The van der Waals surface area contributed by atoms with E-state index >= 15 is 0 Å². The zero-order valence-electron chi connectivity index (χ0n) is 11.5. The number of anilines is 1. The minimum Gasteiger partial charge on any atom is -0.378 e. The quantitative estimate of drug-likeness (QED) is 0.817. The number of morpholine rings is 1. The topological polar surface area (TPSA) is 45.7 Å². The van der Waals surface area contributed by atoms with Crippen molar-refractivity contribution in [1.29, 1.82) is 0 Å². The molecule has 2 saturated heterocycles. The summed E-state index contributed by atoms with van der Waals surface area (Å²) in [6.07, 6.45) is 1.70. The van der Waals surface area contributed by atoms with E-state index in [1.807, 2.05) is 28.8 Å². The Bertz CT molecular complexity index is 454. The summed E-state index contributed by atoms with van der Waals surface area (Å²) in [6.45, 7) is 4.67. The van der Waals surface area contributed by atoms with Crippen LogP contribution in [0.2, 0.25) is 0 Å². The van der Waals surface area contributed by atoms with Gasteiger partial charge in [0.1, 0.15) is 5.82 Å². The van der Waals surface area contributed by atoms with Crippen molar-refractivity contribution in [3.8, 4) is 0 Å². The van der Waals surface area contributed by atoms with Crippen LogP contribution in [0.4, 0.5) is 5.82 Å². The standard InChI is InChI=1S/C14H19N3O2S/c18-14(17-3-7-19-8-4-17)12-1-2-13(15-11-12)16-5-9-20-10-6-16/h1-2,11H,3-10H2. The molecule has 20 heavy (non-hydrogen) atoms. The summed E-state index contributed by atoms with van der Waals surface area (Å²) in [5, 5.41) is 0. The van der Waals surface area contributed by atoms with Gasteiger partial charge in [0.15, 0.2) is 0 Å². The molecule has 3 rings (SSSR count). The maximum Gasteiger partial charge on any atom is 0.255 e. The fourth-order valence-electron chi connectivity index (χ4n) is 2.44. The minimum absolute atomic E-state index is 0.0570. The smallest absolute Gasteiger partial charge is 0.255 e. The molecule has 0 aromatic carbocycles. The highest BCUT2D eigenvalue weighted by Gasteiger charge is 2.19. The summed E-state index contributed by atoms with van der Waals surface area (Å²) in [5.74, 6) is 3.33. The van der Waals surface area contributed by atoms with E-state index in [0.29, 0.717) is 31.9 Å². The Hall–Kier alpha value is -1.27. The summed E-state index contributed by atoms with van der Waals surface area (Å²) in [6, 6.07) is 3.85. The highest BCUT2D eigenvalue weighted by atomic mass is 32.2. The van der Waals surface area contributed by atoms with Gasteiger partial charge in [-0.2, -0.15) is 11.8 Å². The molecule has 1 amide bonds. The minimum atomic E-state index is 0.0570. The average molecular weight is 293 g/mol. The van der Waals surface area contributed by atoms with E-state index in [9.17, 15) is 4.79 Å². The van der Waals surface area contributed by atoms with Crippen LogP contribution in [-0.2, 0) is 4.74 Å². The largest absolute Gasteiger partial charge is 0.378 e. The van der Waals surface area contributed by atoms with Gasteiger partial charge in [-0.25, -0.2) is 4.98 Å². The first-order valence-electron chi connectivity index (χ1n) is 7.00. The number of amides is 1. The first kappa shape index (κ1) is 13.7. The summed E-state index contributed by atoms with van der Waals surface area (Å²) >= 11 is 1.98. The number of aromatic nitrogens is 1. The second-order valence-corrected chi connectivity index (χ2v) is 6.13. The summed E-state index contributed by atoms with van der Waals surface area (Å²) < 4.78 is 5.27. The Kier molecular flexibility index (Phi) is 4.42. The molecule has 0 radical (unpaired) electrons. The van der Waals surface area contributed by atoms with E-state index in [2.05, 4.69) is 9.88 Å². The van der Waals surface area contributed by atoms with Crippen molar-refractivity contribution >= 4 is 23.5 Å². The molecule has 0 aliphatic carbocycles. The van der Waals surface area contributed by atoms with Gasteiger partial charge in [0.25, 0.3) is 5.91 Å². The zero-order valence-corrected chi connectivity index (χ0v) is 12.3. The van der Waals surface area contributed by atoms with Crippen LogP contribution in [-0.4, -0.2) is 66.7 Å². The van der Waals surface area contributed by atoms with Crippen LogP contribution >= 0.6 is 11.8 Å². The number of nitrogens with zero attached hydrogens (tertiary/aromatic N) is 3. The van der Waals surface area contributed by atoms with Gasteiger partial charge in [-0.05, 0) is 12.1 Å². The van der Waals surface area contributed by atoms with Crippen molar-refractivity contribution in [3.63, 3.8) is 0 Å². The first-order valence-corrected chi connectivity index (χ1v) is 8.16. The van der Waals surface area contributed by atoms with Crippen molar-refractivity contribution < 1.29 is 9.53 Å². The molecule has 0 saturated carbocycles. The van der Waals surface area contributed by atoms with Crippen LogP contribution in [0.1, 0.15) is 10.4 Å². The van der Waals surface area contributed by atoms with Gasteiger partial charge in [0.2, 0.25) is 0 Å². The van der Waals surface area contributed by atoms with Crippen LogP contribution in [0.5, 0.6) is 0 Å². The number of carbonyl (C=O) groups excluding carboxylic acids is 1. The second kappa shape index (κ2) is 6.45. The summed E-state index contributed by atoms with van der Waals surface area (Å²) in [7, 11) is 0. The number of thioether (sulfide) groups is 1. The van der Waals surface area contributed by atoms with E-state index in [4.69, 9.17) is 4.74 Å². The van der Waals surface area contributed by atoms with Crippen LogP contribution < -0.4 is 4.90 Å². The SMILES string of the molecule is O=C(c1ccc(N2CCSCC2)nc1)N1CCOCC1. The third kappa shape index (κ3) is 3.07. The highest BCUT2D eigenvalue weighted by molar-refractivity contribution is 7.99. The zero-order chi connectivity index (χ0) is 13.8. The van der Waals surface area contributed by atoms with Gasteiger partial charge < -0.3 is 14.5 Å². The average Bonchev–Trinajstić information content (AvgIpc) is 2.56. The molecule has 0 atom stereocenters. The van der Waals surface area contributed by atoms with Crippen LogP contribution in [0.3, 0.4) is 0 Å². The predicted octanol–water partition coefficient (Wildman–Crippen LogP) is 1.11. The van der Waals surface area contributed by atoms with E-state index < -0.39 is 0 Å². The molecular formula is C14H19N3O2S. The molecule has 0 N–H and O–H groups in total. The number of ether oxygens (including phenoxy) is 1. The lowest BCUT2D eigenvalue weighted by Gasteiger charge is -2.28. The monoisotopic (exact) mass is 293 g/mol. The maximum absolute atomic E-state index is 12.3. The van der Waals surface area contributed by atoms with E-state index in [1.54, 1.807) is 6.20 Å². The molecule has 1 aromatic rings. The lowest BCUT2D eigenvalue weighted by atomic mass is 10.2. The normalized spacial score (nSPS) is 20.0.